The van der Waals surface area contributed by atoms with E-state index in [0.717, 1.165) is 25.7 Å². The van der Waals surface area contributed by atoms with Crippen molar-refractivity contribution in [2.24, 2.45) is 0 Å². The Morgan fingerprint density at radius 2 is 1.92 bits per heavy atom. The number of ether oxygens (including phenoxy) is 3. The van der Waals surface area contributed by atoms with Gasteiger partial charge in [-0.05, 0) is 24.3 Å². The van der Waals surface area contributed by atoms with Crippen LogP contribution in [0, 0.1) is 0 Å². The van der Waals surface area contributed by atoms with Gasteiger partial charge in [-0.2, -0.15) is 18.3 Å². The maximum atomic E-state index is 14.0. The van der Waals surface area contributed by atoms with E-state index in [0.29, 0.717) is 47.8 Å². The molecule has 0 bridgehead atoms. The van der Waals surface area contributed by atoms with Gasteiger partial charge in [-0.3, -0.25) is 4.79 Å². The Labute approximate surface area is 210 Å². The van der Waals surface area contributed by atoms with Gasteiger partial charge in [0.15, 0.2) is 28.5 Å². The number of aromatic nitrogens is 3. The molecule has 0 radical (unpaired) electrons. The van der Waals surface area contributed by atoms with Gasteiger partial charge in [0.2, 0.25) is 0 Å². The summed E-state index contributed by atoms with van der Waals surface area (Å²) in [5.41, 5.74) is -1.39. The Morgan fingerprint density at radius 3 is 2.58 bits per heavy atom. The molecule has 0 saturated carbocycles. The van der Waals surface area contributed by atoms with Crippen LogP contribution in [0.2, 0.25) is 5.02 Å². The highest BCUT2D eigenvalue weighted by atomic mass is 35.5. The van der Waals surface area contributed by atoms with Crippen LogP contribution in [0.15, 0.2) is 24.3 Å². The molecule has 13 heteroatoms. The molecule has 4 rings (SSSR count). The minimum Gasteiger partial charge on any atom is -0.493 e. The van der Waals surface area contributed by atoms with Crippen LogP contribution in [0.25, 0.3) is 16.9 Å². The molecule has 2 aromatic heterocycles. The predicted molar refractivity (Wildman–Crippen MR) is 125 cm³/mol. The number of amides is 1. The fourth-order valence-corrected chi connectivity index (χ4v) is 4.26. The van der Waals surface area contributed by atoms with Crippen molar-refractivity contribution >= 4 is 23.2 Å². The fourth-order valence-electron chi connectivity index (χ4n) is 4.02. The molecule has 0 aliphatic carbocycles. The lowest BCUT2D eigenvalue weighted by Gasteiger charge is -2.23. The van der Waals surface area contributed by atoms with Gasteiger partial charge in [0.05, 0.1) is 39.7 Å². The SMILES string of the molecule is COc1ccc(-c2cc(C(F)(F)F)n3nc(C(=O)NCCC[NH+]4CCOCC4)c(Cl)c3n2)cc1OC. The third-order valence-corrected chi connectivity index (χ3v) is 6.26. The summed E-state index contributed by atoms with van der Waals surface area (Å²) in [7, 11) is 2.87. The van der Waals surface area contributed by atoms with E-state index in [1.165, 1.54) is 25.2 Å². The first kappa shape index (κ1) is 26.0. The van der Waals surface area contributed by atoms with Gasteiger partial charge >= 0.3 is 6.18 Å². The number of benzene rings is 1. The number of hydrogen-bond donors (Lipinski definition) is 2. The summed E-state index contributed by atoms with van der Waals surface area (Å²) in [5, 5.41) is 6.29. The van der Waals surface area contributed by atoms with E-state index >= 15 is 0 Å². The molecule has 3 heterocycles. The largest absolute Gasteiger partial charge is 0.493 e. The standard InChI is InChI=1S/C23H25ClF3N5O4/c1-34-16-5-4-14(12-17(16)35-2)15-13-18(23(25,26)27)32-21(29-15)19(24)20(30-32)22(33)28-6-3-7-31-8-10-36-11-9-31/h4-5,12-13H,3,6-11H2,1-2H3,(H,28,33)/p+1. The van der Waals surface area contributed by atoms with E-state index in [4.69, 9.17) is 25.8 Å². The number of hydrogen-bond acceptors (Lipinski definition) is 6. The Hall–Kier alpha value is -3.09. The van der Waals surface area contributed by atoms with Crippen LogP contribution in [0.1, 0.15) is 22.6 Å². The summed E-state index contributed by atoms with van der Waals surface area (Å²) in [6, 6.07) is 5.47. The van der Waals surface area contributed by atoms with Crippen LogP contribution in [0.5, 0.6) is 11.5 Å². The number of quaternary nitrogens is 1. The van der Waals surface area contributed by atoms with E-state index < -0.39 is 17.8 Å². The normalized spacial score (nSPS) is 14.7. The summed E-state index contributed by atoms with van der Waals surface area (Å²) in [6.07, 6.45) is -4.09. The maximum Gasteiger partial charge on any atom is 0.433 e. The lowest BCUT2D eigenvalue weighted by Crippen LogP contribution is -3.14. The van der Waals surface area contributed by atoms with E-state index in [1.54, 1.807) is 12.1 Å². The molecule has 1 amide bonds. The third kappa shape index (κ3) is 5.50. The highest BCUT2D eigenvalue weighted by Crippen LogP contribution is 2.36. The average molecular weight is 529 g/mol. The van der Waals surface area contributed by atoms with Gasteiger partial charge in [-0.1, -0.05) is 11.6 Å². The van der Waals surface area contributed by atoms with Crippen molar-refractivity contribution in [1.82, 2.24) is 19.9 Å². The van der Waals surface area contributed by atoms with Crippen molar-refractivity contribution in [3.63, 3.8) is 0 Å². The molecular weight excluding hydrogens is 503 g/mol. The van der Waals surface area contributed by atoms with Gasteiger partial charge < -0.3 is 24.4 Å². The van der Waals surface area contributed by atoms with Crippen molar-refractivity contribution in [3.05, 3.63) is 40.7 Å². The lowest BCUT2D eigenvalue weighted by molar-refractivity contribution is -0.908. The second-order valence-electron chi connectivity index (χ2n) is 8.21. The number of carbonyl (C=O) groups excluding carboxylic acids is 1. The first-order chi connectivity index (χ1) is 17.2. The van der Waals surface area contributed by atoms with Gasteiger partial charge in [0.25, 0.3) is 5.91 Å². The Bertz CT molecular complexity index is 1240. The fraction of sp³-hybridized carbons (Fsp3) is 0.435. The van der Waals surface area contributed by atoms with Crippen LogP contribution in [0.3, 0.4) is 0 Å². The number of carbonyl (C=O) groups is 1. The Kier molecular flexibility index (Phi) is 7.86. The lowest BCUT2D eigenvalue weighted by atomic mass is 10.1. The maximum absolute atomic E-state index is 14.0. The third-order valence-electron chi connectivity index (χ3n) is 5.91. The van der Waals surface area contributed by atoms with Gasteiger partial charge in [-0.25, -0.2) is 9.50 Å². The quantitative estimate of drug-likeness (QED) is 0.435. The number of rotatable bonds is 8. The number of halogens is 4. The predicted octanol–water partition coefficient (Wildman–Crippen LogP) is 2.12. The number of nitrogens with one attached hydrogen (secondary N) is 2. The zero-order chi connectivity index (χ0) is 25.9. The molecule has 3 aromatic rings. The van der Waals surface area contributed by atoms with Crippen molar-refractivity contribution in [3.8, 4) is 22.8 Å². The Balaban J connectivity index is 1.62. The zero-order valence-electron chi connectivity index (χ0n) is 19.7. The van der Waals surface area contributed by atoms with Gasteiger partial charge in [0, 0.05) is 18.5 Å². The monoisotopic (exact) mass is 528 g/mol. The zero-order valence-corrected chi connectivity index (χ0v) is 20.5. The highest BCUT2D eigenvalue weighted by Gasteiger charge is 2.37. The summed E-state index contributed by atoms with van der Waals surface area (Å²) in [6.45, 7) is 4.40. The van der Waals surface area contributed by atoms with Crippen molar-refractivity contribution in [1.29, 1.82) is 0 Å². The molecule has 36 heavy (non-hydrogen) atoms. The summed E-state index contributed by atoms with van der Waals surface area (Å²) in [4.78, 5) is 18.4. The number of morpholine rings is 1. The molecule has 1 aliphatic rings. The second kappa shape index (κ2) is 10.9. The van der Waals surface area contributed by atoms with Crippen LogP contribution >= 0.6 is 11.6 Å². The van der Waals surface area contributed by atoms with E-state index in [9.17, 15) is 18.0 Å². The van der Waals surface area contributed by atoms with Crippen molar-refractivity contribution in [2.45, 2.75) is 12.6 Å². The van der Waals surface area contributed by atoms with E-state index in [-0.39, 0.29) is 22.1 Å². The number of fused-ring (bicyclic) bond motifs is 1. The smallest absolute Gasteiger partial charge is 0.433 e. The first-order valence-electron chi connectivity index (χ1n) is 11.3. The molecule has 194 valence electrons. The van der Waals surface area contributed by atoms with E-state index in [1.807, 2.05) is 0 Å². The topological polar surface area (TPSA) is 91.4 Å². The molecule has 2 N–H and O–H groups in total. The van der Waals surface area contributed by atoms with Crippen molar-refractivity contribution < 1.29 is 37.1 Å². The van der Waals surface area contributed by atoms with Gasteiger partial charge in [0.1, 0.15) is 18.1 Å². The minimum absolute atomic E-state index is 0.0157. The first-order valence-corrected chi connectivity index (χ1v) is 11.7. The highest BCUT2D eigenvalue weighted by molar-refractivity contribution is 6.36. The molecule has 0 spiro atoms. The number of methoxy groups -OCH3 is 2. The summed E-state index contributed by atoms with van der Waals surface area (Å²) >= 11 is 6.34. The molecule has 9 nitrogen and oxygen atoms in total. The molecule has 0 unspecified atom stereocenters. The second-order valence-corrected chi connectivity index (χ2v) is 8.59. The Morgan fingerprint density at radius 1 is 1.19 bits per heavy atom. The molecule has 1 aromatic carbocycles. The number of nitrogens with zero attached hydrogens (tertiary/aromatic N) is 3. The van der Waals surface area contributed by atoms with E-state index in [2.05, 4.69) is 15.4 Å². The van der Waals surface area contributed by atoms with Crippen LogP contribution in [0.4, 0.5) is 13.2 Å². The van der Waals surface area contributed by atoms with Crippen LogP contribution in [-0.4, -0.2) is 74.1 Å². The minimum atomic E-state index is -4.78. The van der Waals surface area contributed by atoms with Crippen LogP contribution < -0.4 is 19.7 Å². The molecule has 0 atom stereocenters. The summed E-state index contributed by atoms with van der Waals surface area (Å²) < 4.78 is 58.2. The average Bonchev–Trinajstić information content (AvgIpc) is 3.21. The number of alkyl halides is 3. The van der Waals surface area contributed by atoms with Gasteiger partial charge in [-0.15, -0.1) is 0 Å². The molecule has 1 aliphatic heterocycles. The summed E-state index contributed by atoms with van der Waals surface area (Å²) in [5.74, 6) is 0.0713. The van der Waals surface area contributed by atoms with Crippen molar-refractivity contribution in [2.75, 3.05) is 53.6 Å². The molecular formula is C23H26ClF3N5O4+. The molecule has 1 saturated heterocycles. The molecule has 1 fully saturated rings. The van der Waals surface area contributed by atoms with Crippen LogP contribution in [-0.2, 0) is 10.9 Å².